The van der Waals surface area contributed by atoms with Crippen LogP contribution in [0.1, 0.15) is 0 Å². The minimum absolute atomic E-state index is 0.345. The number of rotatable bonds is 5. The van der Waals surface area contributed by atoms with Crippen LogP contribution in [0.3, 0.4) is 0 Å². The molecule has 0 fully saturated rings. The molecule has 0 saturated carbocycles. The predicted molar refractivity (Wildman–Crippen MR) is 43.3 cm³/mol. The van der Waals surface area contributed by atoms with Crippen LogP contribution in [-0.2, 0) is 8.83 Å². The monoisotopic (exact) mass is 222 g/mol. The summed E-state index contributed by atoms with van der Waals surface area (Å²) in [5, 5.41) is 0. The summed E-state index contributed by atoms with van der Waals surface area (Å²) in [7, 11) is -7.32. The molecule has 0 aromatic heterocycles. The molecule has 0 spiro atoms. The first-order valence-corrected chi connectivity index (χ1v) is 5.68. The normalized spacial score (nSPS) is 14.3. The molecule has 0 atom stereocenters. The molecular formula is C2H12N2O6P2. The zero-order valence-electron chi connectivity index (χ0n) is 5.99. The Labute approximate surface area is 70.4 Å². The van der Waals surface area contributed by atoms with E-state index < -0.39 is 22.9 Å². The maximum atomic E-state index is 8.77. The van der Waals surface area contributed by atoms with Gasteiger partial charge in [0.2, 0.25) is 0 Å². The van der Waals surface area contributed by atoms with Gasteiger partial charge in [0.05, 0.1) is 0 Å². The Morgan fingerprint density at radius 3 is 2.17 bits per heavy atom. The Balaban J connectivity index is 3.71. The van der Waals surface area contributed by atoms with Gasteiger partial charge in [-0.25, -0.2) is 0 Å². The van der Waals surface area contributed by atoms with E-state index in [-0.39, 0.29) is 6.61 Å². The van der Waals surface area contributed by atoms with Crippen LogP contribution in [-0.4, -0.2) is 32.3 Å². The van der Waals surface area contributed by atoms with Crippen LogP contribution in [0, 0.1) is 0 Å². The van der Waals surface area contributed by atoms with Crippen LogP contribution in [0.5, 0.6) is 0 Å². The van der Waals surface area contributed by atoms with E-state index in [1.807, 2.05) is 0 Å². The van der Waals surface area contributed by atoms with Gasteiger partial charge in [-0.2, -0.15) is 0 Å². The van der Waals surface area contributed by atoms with Crippen molar-refractivity contribution in [3.63, 3.8) is 0 Å². The molecule has 0 aliphatic heterocycles. The second-order valence-electron chi connectivity index (χ2n) is 1.87. The van der Waals surface area contributed by atoms with Crippen LogP contribution in [0.2, 0.25) is 0 Å². The van der Waals surface area contributed by atoms with E-state index >= 15 is 0 Å². The molecule has 0 bridgehead atoms. The average molecular weight is 222 g/mol. The Morgan fingerprint density at radius 1 is 1.33 bits per heavy atom. The summed E-state index contributed by atoms with van der Waals surface area (Å²) >= 11 is 0. The quantitative estimate of drug-likeness (QED) is 0.228. The first-order chi connectivity index (χ1) is 5.33. The summed E-state index contributed by atoms with van der Waals surface area (Å²) in [6.07, 6.45) is -0.886. The Morgan fingerprint density at radius 2 is 1.83 bits per heavy atom. The zero-order chi connectivity index (χ0) is 9.78. The molecule has 0 aliphatic carbocycles. The summed E-state index contributed by atoms with van der Waals surface area (Å²) in [6.45, 7) is -0.345. The third kappa shape index (κ3) is 7.20. The molecule has 8 nitrogen and oxygen atoms in total. The van der Waals surface area contributed by atoms with Crippen molar-refractivity contribution in [2.45, 2.75) is 6.17 Å². The third-order valence-corrected chi connectivity index (χ3v) is 2.81. The molecule has 0 heterocycles. The molecule has 0 aromatic rings. The van der Waals surface area contributed by atoms with E-state index in [4.69, 9.17) is 31.0 Å². The molecule has 0 aromatic carbocycles. The Kier molecular flexibility index (Phi) is 5.55. The number of hydrogen-bond acceptors (Lipinski definition) is 8. The van der Waals surface area contributed by atoms with Gasteiger partial charge in [0.25, 0.3) is 0 Å². The van der Waals surface area contributed by atoms with E-state index in [2.05, 4.69) is 8.83 Å². The Bertz CT molecular complexity index is 131. The van der Waals surface area contributed by atoms with Gasteiger partial charge in [0, 0.05) is 0 Å². The van der Waals surface area contributed by atoms with E-state index in [9.17, 15) is 0 Å². The third-order valence-electron chi connectivity index (χ3n) is 0.664. The molecule has 12 heavy (non-hydrogen) atoms. The van der Waals surface area contributed by atoms with Crippen molar-refractivity contribution >= 4 is 16.8 Å². The maximum absolute atomic E-state index is 8.77. The van der Waals surface area contributed by atoms with Crippen molar-refractivity contribution < 1.29 is 28.4 Å². The van der Waals surface area contributed by atoms with Gasteiger partial charge in [-0.3, -0.25) is 0 Å². The molecule has 76 valence electrons. The van der Waals surface area contributed by atoms with Gasteiger partial charge in [-0.1, -0.05) is 0 Å². The molecular weight excluding hydrogens is 210 g/mol. The van der Waals surface area contributed by atoms with Crippen molar-refractivity contribution in [1.29, 1.82) is 0 Å². The molecule has 0 rings (SSSR count). The molecule has 0 amide bonds. The fourth-order valence-corrected chi connectivity index (χ4v) is 1.81. The van der Waals surface area contributed by atoms with E-state index in [1.165, 1.54) is 0 Å². The van der Waals surface area contributed by atoms with Crippen LogP contribution in [0.25, 0.3) is 0 Å². The van der Waals surface area contributed by atoms with Gasteiger partial charge in [0.15, 0.2) is 0 Å². The van der Waals surface area contributed by atoms with Gasteiger partial charge in [-0.15, -0.1) is 0 Å². The minimum atomic E-state index is -4.46. The van der Waals surface area contributed by atoms with Gasteiger partial charge in [0.1, 0.15) is 0 Å². The Hall–Kier alpha value is 0.540. The van der Waals surface area contributed by atoms with Crippen LogP contribution in [0.4, 0.5) is 0 Å². The second-order valence-corrected chi connectivity index (χ2v) is 4.49. The number of hydrogen-bond donors (Lipinski definition) is 6. The first-order valence-electron chi connectivity index (χ1n) is 2.80. The van der Waals surface area contributed by atoms with Crippen molar-refractivity contribution in [3.05, 3.63) is 0 Å². The molecule has 0 aliphatic rings. The summed E-state index contributed by atoms with van der Waals surface area (Å²) < 4.78 is 8.16. The summed E-state index contributed by atoms with van der Waals surface area (Å²) in [4.78, 5) is 34.0. The fraction of sp³-hybridized carbons (Fsp3) is 1.00. The van der Waals surface area contributed by atoms with Crippen molar-refractivity contribution in [2.75, 3.05) is 6.61 Å². The SMILES string of the molecule is NC(N)CO[PH](O)(O)OP(O)O. The van der Waals surface area contributed by atoms with E-state index in [0.29, 0.717) is 0 Å². The second kappa shape index (κ2) is 5.31. The van der Waals surface area contributed by atoms with Crippen molar-refractivity contribution in [2.24, 2.45) is 11.5 Å². The summed E-state index contributed by atoms with van der Waals surface area (Å²) in [5.74, 6) is 0. The average Bonchev–Trinajstić information content (AvgIpc) is 1.81. The van der Waals surface area contributed by atoms with Gasteiger partial charge < -0.3 is 0 Å². The standard InChI is InChI=1S/C2H12N2O6P2/c3-2(4)1-9-12(7,8)10-11(5)6/h2,5-8,12H,1,3-4H2. The van der Waals surface area contributed by atoms with E-state index in [1.54, 1.807) is 0 Å². The fourth-order valence-electron chi connectivity index (χ4n) is 0.337. The van der Waals surface area contributed by atoms with Crippen LogP contribution >= 0.6 is 16.8 Å². The predicted octanol–water partition coefficient (Wildman–Crippen LogP) is -2.13. The summed E-state index contributed by atoms with van der Waals surface area (Å²) in [6, 6.07) is 0. The van der Waals surface area contributed by atoms with Crippen LogP contribution < -0.4 is 11.5 Å². The van der Waals surface area contributed by atoms with Gasteiger partial charge in [-0.05, 0) is 0 Å². The molecule has 0 unspecified atom stereocenters. The van der Waals surface area contributed by atoms with Crippen molar-refractivity contribution in [3.8, 4) is 0 Å². The first kappa shape index (κ1) is 12.5. The zero-order valence-corrected chi connectivity index (χ0v) is 7.89. The topological polar surface area (TPSA) is 151 Å². The molecule has 0 radical (unpaired) electrons. The number of nitrogens with two attached hydrogens (primary N) is 2. The molecule has 0 saturated heterocycles. The van der Waals surface area contributed by atoms with E-state index in [0.717, 1.165) is 0 Å². The van der Waals surface area contributed by atoms with Crippen LogP contribution in [0.15, 0.2) is 0 Å². The molecule has 10 heteroatoms. The summed E-state index contributed by atoms with van der Waals surface area (Å²) in [5.41, 5.74) is 10.0. The molecule has 8 N–H and O–H groups in total. The van der Waals surface area contributed by atoms with Crippen molar-refractivity contribution in [1.82, 2.24) is 0 Å². The van der Waals surface area contributed by atoms with Gasteiger partial charge >= 0.3 is 69.4 Å².